The maximum absolute atomic E-state index is 12.7. The van der Waals surface area contributed by atoms with Gasteiger partial charge < -0.3 is 10.4 Å². The maximum atomic E-state index is 12.7. The van der Waals surface area contributed by atoms with Gasteiger partial charge in [-0.15, -0.1) is 0 Å². The Morgan fingerprint density at radius 3 is 2.62 bits per heavy atom. The van der Waals surface area contributed by atoms with E-state index in [9.17, 15) is 18.3 Å². The Bertz CT molecular complexity index is 700. The summed E-state index contributed by atoms with van der Waals surface area (Å²) in [6.07, 6.45) is 0.127. The molecule has 2 N–H and O–H groups in total. The quantitative estimate of drug-likeness (QED) is 0.868. The average molecular weight is 333 g/mol. The molecule has 0 fully saturated rings. The summed E-state index contributed by atoms with van der Waals surface area (Å²) in [6, 6.07) is 2.85. The lowest BCUT2D eigenvalue weighted by Crippen LogP contribution is -2.47. The van der Waals surface area contributed by atoms with E-state index in [1.165, 1.54) is 19.2 Å². The second kappa shape index (κ2) is 5.24. The fourth-order valence-corrected chi connectivity index (χ4v) is 4.05. The van der Waals surface area contributed by atoms with Crippen LogP contribution in [0.2, 0.25) is 5.02 Å². The minimum atomic E-state index is -3.88. The van der Waals surface area contributed by atoms with Crippen LogP contribution in [0.4, 0.5) is 5.69 Å². The van der Waals surface area contributed by atoms with E-state index >= 15 is 0 Å². The number of carbonyl (C=O) groups is 1. The summed E-state index contributed by atoms with van der Waals surface area (Å²) in [5.74, 6) is -0.195. The Kier molecular flexibility index (Phi) is 4.05. The number of anilines is 1. The lowest BCUT2D eigenvalue weighted by atomic mass is 10.1. The van der Waals surface area contributed by atoms with E-state index in [1.807, 2.05) is 0 Å². The van der Waals surface area contributed by atoms with Gasteiger partial charge in [-0.25, -0.2) is 8.42 Å². The summed E-state index contributed by atoms with van der Waals surface area (Å²) >= 11 is 6.06. The zero-order valence-corrected chi connectivity index (χ0v) is 13.5. The van der Waals surface area contributed by atoms with Gasteiger partial charge in [-0.05, 0) is 31.5 Å². The molecule has 0 radical (unpaired) electrons. The summed E-state index contributed by atoms with van der Waals surface area (Å²) in [4.78, 5) is 11.3. The third kappa shape index (κ3) is 2.78. The van der Waals surface area contributed by atoms with Crippen molar-refractivity contribution in [2.24, 2.45) is 0 Å². The molecular weight excluding hydrogens is 316 g/mol. The molecule has 6 nitrogen and oxygen atoms in total. The Labute approximate surface area is 128 Å². The molecule has 1 aromatic rings. The lowest BCUT2D eigenvalue weighted by Gasteiger charge is -2.33. The van der Waals surface area contributed by atoms with Crippen LogP contribution in [0.25, 0.3) is 0 Å². The first-order valence-electron chi connectivity index (χ1n) is 6.32. The van der Waals surface area contributed by atoms with Gasteiger partial charge in [-0.2, -0.15) is 4.31 Å². The molecule has 1 aliphatic heterocycles. The molecule has 21 heavy (non-hydrogen) atoms. The maximum Gasteiger partial charge on any atom is 0.244 e. The Balaban J connectivity index is 2.52. The molecule has 1 heterocycles. The molecule has 1 aliphatic rings. The molecule has 8 heteroatoms. The number of aliphatic hydroxyl groups excluding tert-OH is 1. The highest BCUT2D eigenvalue weighted by atomic mass is 35.5. The lowest BCUT2D eigenvalue weighted by molar-refractivity contribution is -0.115. The van der Waals surface area contributed by atoms with Crippen LogP contribution in [0, 0.1) is 0 Å². The summed E-state index contributed by atoms with van der Waals surface area (Å²) in [6.45, 7) is 2.89. The van der Waals surface area contributed by atoms with Crippen LogP contribution in [0.5, 0.6) is 0 Å². The minimum absolute atomic E-state index is 0.0385. The van der Waals surface area contributed by atoms with Crippen LogP contribution in [0.3, 0.4) is 0 Å². The van der Waals surface area contributed by atoms with Gasteiger partial charge in [0.15, 0.2) is 0 Å². The number of nitrogens with one attached hydrogen (secondary N) is 1. The van der Waals surface area contributed by atoms with Gasteiger partial charge in [0, 0.05) is 12.7 Å². The molecule has 0 aliphatic carbocycles. The SMILES string of the molecule is CN(C(C)(C)CO)S(=O)(=O)c1cc2c(cc1Cl)NC(=O)C2. The van der Waals surface area contributed by atoms with Crippen molar-refractivity contribution in [3.63, 3.8) is 0 Å². The fraction of sp³-hybridized carbons (Fsp3) is 0.462. The molecule has 2 rings (SSSR count). The van der Waals surface area contributed by atoms with Gasteiger partial charge in [0.1, 0.15) is 4.90 Å². The van der Waals surface area contributed by atoms with Crippen molar-refractivity contribution in [2.75, 3.05) is 19.0 Å². The zero-order chi connectivity index (χ0) is 16.0. The number of fused-ring (bicyclic) bond motifs is 1. The summed E-state index contributed by atoms with van der Waals surface area (Å²) in [5, 5.41) is 12.0. The van der Waals surface area contributed by atoms with Crippen molar-refractivity contribution in [3.05, 3.63) is 22.7 Å². The van der Waals surface area contributed by atoms with Gasteiger partial charge in [0.05, 0.1) is 23.6 Å². The number of aliphatic hydroxyl groups is 1. The second-order valence-electron chi connectivity index (χ2n) is 5.61. The fourth-order valence-electron chi connectivity index (χ4n) is 2.00. The molecule has 0 saturated carbocycles. The highest BCUT2D eigenvalue weighted by Gasteiger charge is 2.35. The zero-order valence-electron chi connectivity index (χ0n) is 12.0. The Morgan fingerprint density at radius 2 is 2.05 bits per heavy atom. The second-order valence-corrected chi connectivity index (χ2v) is 7.95. The largest absolute Gasteiger partial charge is 0.394 e. The molecule has 1 amide bonds. The molecule has 116 valence electrons. The van der Waals surface area contributed by atoms with Crippen LogP contribution in [0.1, 0.15) is 19.4 Å². The van der Waals surface area contributed by atoms with E-state index < -0.39 is 15.6 Å². The van der Waals surface area contributed by atoms with Crippen LogP contribution in [-0.2, 0) is 21.2 Å². The Morgan fingerprint density at radius 1 is 1.43 bits per heavy atom. The van der Waals surface area contributed by atoms with E-state index in [0.717, 1.165) is 4.31 Å². The number of carbonyl (C=O) groups excluding carboxylic acids is 1. The molecule has 0 unspecified atom stereocenters. The van der Waals surface area contributed by atoms with Crippen LogP contribution >= 0.6 is 11.6 Å². The number of likely N-dealkylation sites (N-methyl/N-ethyl adjacent to an activating group) is 1. The van der Waals surface area contributed by atoms with Crippen molar-refractivity contribution in [1.82, 2.24) is 4.31 Å². The number of rotatable bonds is 4. The number of benzene rings is 1. The topological polar surface area (TPSA) is 86.7 Å². The highest BCUT2D eigenvalue weighted by Crippen LogP contribution is 2.34. The van der Waals surface area contributed by atoms with Gasteiger partial charge in [0.2, 0.25) is 15.9 Å². The van der Waals surface area contributed by atoms with Gasteiger partial charge in [-0.3, -0.25) is 4.79 Å². The first-order valence-corrected chi connectivity index (χ1v) is 8.13. The van der Waals surface area contributed by atoms with Gasteiger partial charge in [-0.1, -0.05) is 11.6 Å². The molecule has 0 atom stereocenters. The van der Waals surface area contributed by atoms with E-state index in [2.05, 4.69) is 5.32 Å². The predicted molar refractivity (Wildman–Crippen MR) is 79.9 cm³/mol. The summed E-state index contributed by atoms with van der Waals surface area (Å²) in [5.41, 5.74) is 0.168. The highest BCUT2D eigenvalue weighted by molar-refractivity contribution is 7.89. The van der Waals surface area contributed by atoms with Crippen molar-refractivity contribution in [3.8, 4) is 0 Å². The molecule has 0 spiro atoms. The first kappa shape index (κ1) is 16.2. The van der Waals surface area contributed by atoms with E-state index in [1.54, 1.807) is 13.8 Å². The molecule has 0 saturated heterocycles. The normalized spacial score (nSPS) is 15.2. The number of hydrogen-bond acceptors (Lipinski definition) is 4. The van der Waals surface area contributed by atoms with Crippen LogP contribution in [-0.4, -0.2) is 42.9 Å². The molecule has 0 aromatic heterocycles. The van der Waals surface area contributed by atoms with Crippen molar-refractivity contribution >= 4 is 33.2 Å². The number of hydrogen-bond donors (Lipinski definition) is 2. The van der Waals surface area contributed by atoms with Crippen LogP contribution in [0.15, 0.2) is 17.0 Å². The van der Waals surface area contributed by atoms with Gasteiger partial charge in [0.25, 0.3) is 0 Å². The van der Waals surface area contributed by atoms with Crippen molar-refractivity contribution < 1.29 is 18.3 Å². The van der Waals surface area contributed by atoms with Gasteiger partial charge >= 0.3 is 0 Å². The van der Waals surface area contributed by atoms with Crippen molar-refractivity contribution in [2.45, 2.75) is 30.7 Å². The predicted octanol–water partition coefficient (Wildman–Crippen LogP) is 1.23. The molecular formula is C13H17ClN2O4S. The van der Waals surface area contributed by atoms with E-state index in [0.29, 0.717) is 11.3 Å². The van der Waals surface area contributed by atoms with Crippen LogP contribution < -0.4 is 5.32 Å². The van der Waals surface area contributed by atoms with Crippen molar-refractivity contribution in [1.29, 1.82) is 0 Å². The number of sulfonamides is 1. The molecule has 0 bridgehead atoms. The first-order chi connectivity index (χ1) is 9.59. The third-order valence-electron chi connectivity index (χ3n) is 3.66. The number of amides is 1. The van der Waals surface area contributed by atoms with E-state index in [-0.39, 0.29) is 28.9 Å². The average Bonchev–Trinajstić information content (AvgIpc) is 2.75. The number of halogens is 1. The molecule has 1 aromatic carbocycles. The standard InChI is InChI=1S/C13H17ClN2O4S/c1-13(2,7-17)16(3)21(19,20)11-4-8-5-12(18)15-10(8)6-9(11)14/h4,6,17H,5,7H2,1-3H3,(H,15,18). The third-order valence-corrected chi connectivity index (χ3v) is 6.19. The van der Waals surface area contributed by atoms with E-state index in [4.69, 9.17) is 11.6 Å². The Hall–Kier alpha value is -1.15. The number of nitrogens with zero attached hydrogens (tertiary/aromatic N) is 1. The summed E-state index contributed by atoms with van der Waals surface area (Å²) in [7, 11) is -2.49. The monoisotopic (exact) mass is 332 g/mol. The smallest absolute Gasteiger partial charge is 0.244 e. The summed E-state index contributed by atoms with van der Waals surface area (Å²) < 4.78 is 26.4. The minimum Gasteiger partial charge on any atom is -0.394 e.